The number of nitrogens with zero attached hydrogens (tertiary/aromatic N) is 1. The second kappa shape index (κ2) is 6.18. The molecule has 1 aliphatic heterocycles. The fraction of sp³-hybridized carbons (Fsp3) is 0.600. The second-order valence-corrected chi connectivity index (χ2v) is 5.04. The Labute approximate surface area is 105 Å². The Morgan fingerprint density at radius 3 is 2.82 bits per heavy atom. The van der Waals surface area contributed by atoms with Crippen LogP contribution in [0.1, 0.15) is 31.4 Å². The first-order chi connectivity index (χ1) is 8.29. The molecular weight excluding hydrogens is 208 g/mol. The quantitative estimate of drug-likeness (QED) is 0.839. The average molecular weight is 232 g/mol. The Morgan fingerprint density at radius 2 is 2.06 bits per heavy atom. The van der Waals surface area contributed by atoms with Gasteiger partial charge in [-0.3, -0.25) is 4.90 Å². The van der Waals surface area contributed by atoms with Gasteiger partial charge in [0.1, 0.15) is 0 Å². The Hall–Kier alpha value is -0.860. The van der Waals surface area contributed by atoms with Crippen LogP contribution in [0.25, 0.3) is 0 Å². The number of hydrogen-bond acceptors (Lipinski definition) is 2. The molecule has 1 aromatic rings. The molecule has 1 atom stereocenters. The predicted molar refractivity (Wildman–Crippen MR) is 73.2 cm³/mol. The van der Waals surface area contributed by atoms with E-state index >= 15 is 0 Å². The van der Waals surface area contributed by atoms with Crippen molar-refractivity contribution in [3.8, 4) is 0 Å². The van der Waals surface area contributed by atoms with Crippen molar-refractivity contribution in [3.63, 3.8) is 0 Å². The average Bonchev–Trinajstić information content (AvgIpc) is 2.36. The van der Waals surface area contributed by atoms with Crippen molar-refractivity contribution in [1.82, 2.24) is 10.2 Å². The molecule has 0 radical (unpaired) electrons. The molecule has 17 heavy (non-hydrogen) atoms. The van der Waals surface area contributed by atoms with Gasteiger partial charge in [-0.1, -0.05) is 31.2 Å². The molecule has 94 valence electrons. The Bertz CT molecular complexity index is 349. The van der Waals surface area contributed by atoms with E-state index in [1.54, 1.807) is 5.56 Å². The maximum Gasteiger partial charge on any atom is 0.0236 e. The van der Waals surface area contributed by atoms with E-state index in [9.17, 15) is 0 Å². The maximum absolute atomic E-state index is 3.48. The monoisotopic (exact) mass is 232 g/mol. The second-order valence-electron chi connectivity index (χ2n) is 5.04. The summed E-state index contributed by atoms with van der Waals surface area (Å²) in [6, 6.07) is 9.49. The fourth-order valence-electron chi connectivity index (χ4n) is 2.57. The molecular formula is C15H24N2. The first-order valence-electron chi connectivity index (χ1n) is 6.82. The van der Waals surface area contributed by atoms with Crippen molar-refractivity contribution in [2.24, 2.45) is 0 Å². The van der Waals surface area contributed by atoms with Gasteiger partial charge >= 0.3 is 0 Å². The molecule has 0 bridgehead atoms. The lowest BCUT2D eigenvalue weighted by molar-refractivity contribution is 0.241. The van der Waals surface area contributed by atoms with Crippen LogP contribution in [0.4, 0.5) is 0 Å². The Morgan fingerprint density at radius 1 is 1.29 bits per heavy atom. The third-order valence-corrected chi connectivity index (χ3v) is 3.64. The van der Waals surface area contributed by atoms with Crippen LogP contribution in [0.3, 0.4) is 0 Å². The third kappa shape index (κ3) is 3.55. The molecule has 0 saturated heterocycles. The van der Waals surface area contributed by atoms with Gasteiger partial charge in [0, 0.05) is 19.1 Å². The minimum absolute atomic E-state index is 0.636. The van der Waals surface area contributed by atoms with Crippen LogP contribution in [0.15, 0.2) is 24.3 Å². The van der Waals surface area contributed by atoms with E-state index in [1.165, 1.54) is 31.5 Å². The molecule has 0 aliphatic carbocycles. The molecule has 1 unspecified atom stereocenters. The topological polar surface area (TPSA) is 15.3 Å². The number of rotatable bonds is 5. The van der Waals surface area contributed by atoms with E-state index in [1.807, 2.05) is 0 Å². The van der Waals surface area contributed by atoms with Crippen LogP contribution in [0.2, 0.25) is 0 Å². The van der Waals surface area contributed by atoms with Crippen LogP contribution in [-0.2, 0) is 13.0 Å². The van der Waals surface area contributed by atoms with E-state index in [4.69, 9.17) is 0 Å². The van der Waals surface area contributed by atoms with Crippen LogP contribution in [0, 0.1) is 0 Å². The highest BCUT2D eigenvalue weighted by Crippen LogP contribution is 2.18. The lowest BCUT2D eigenvalue weighted by Crippen LogP contribution is -2.35. The molecule has 0 aromatic heterocycles. The summed E-state index contributed by atoms with van der Waals surface area (Å²) >= 11 is 0. The zero-order valence-corrected chi connectivity index (χ0v) is 11.1. The van der Waals surface area contributed by atoms with E-state index < -0.39 is 0 Å². The summed E-state index contributed by atoms with van der Waals surface area (Å²) in [6.07, 6.45) is 2.46. The van der Waals surface area contributed by atoms with Crippen LogP contribution in [0.5, 0.6) is 0 Å². The van der Waals surface area contributed by atoms with Gasteiger partial charge in [-0.2, -0.15) is 0 Å². The zero-order chi connectivity index (χ0) is 12.1. The van der Waals surface area contributed by atoms with Gasteiger partial charge in [-0.25, -0.2) is 0 Å². The van der Waals surface area contributed by atoms with E-state index in [0.717, 1.165) is 13.1 Å². The van der Waals surface area contributed by atoms with Crippen LogP contribution < -0.4 is 5.32 Å². The van der Waals surface area contributed by atoms with Crippen LogP contribution >= 0.6 is 0 Å². The highest BCUT2D eigenvalue weighted by molar-refractivity contribution is 5.28. The zero-order valence-electron chi connectivity index (χ0n) is 11.1. The lowest BCUT2D eigenvalue weighted by Gasteiger charge is -2.29. The Kier molecular flexibility index (Phi) is 4.57. The van der Waals surface area contributed by atoms with Gasteiger partial charge in [0.25, 0.3) is 0 Å². The van der Waals surface area contributed by atoms with Crippen molar-refractivity contribution in [1.29, 1.82) is 0 Å². The molecule has 2 nitrogen and oxygen atoms in total. The smallest absolute Gasteiger partial charge is 0.0236 e. The Balaban J connectivity index is 1.82. The maximum atomic E-state index is 3.48. The summed E-state index contributed by atoms with van der Waals surface area (Å²) in [5.74, 6) is 0. The van der Waals surface area contributed by atoms with Crippen molar-refractivity contribution in [2.45, 2.75) is 39.3 Å². The molecule has 0 saturated carbocycles. The number of fused-ring (bicyclic) bond motifs is 1. The molecule has 0 spiro atoms. The lowest BCUT2D eigenvalue weighted by atomic mass is 9.99. The summed E-state index contributed by atoms with van der Waals surface area (Å²) in [7, 11) is 0. The van der Waals surface area contributed by atoms with Gasteiger partial charge in [-0.15, -0.1) is 0 Å². The van der Waals surface area contributed by atoms with Gasteiger partial charge < -0.3 is 5.32 Å². The third-order valence-electron chi connectivity index (χ3n) is 3.64. The largest absolute Gasteiger partial charge is 0.314 e. The molecule has 1 heterocycles. The van der Waals surface area contributed by atoms with E-state index in [2.05, 4.69) is 48.3 Å². The molecule has 2 heteroatoms. The summed E-state index contributed by atoms with van der Waals surface area (Å²) in [5, 5.41) is 3.48. The fourth-order valence-corrected chi connectivity index (χ4v) is 2.57. The molecule has 1 aliphatic rings. The van der Waals surface area contributed by atoms with Crippen molar-refractivity contribution in [2.75, 3.05) is 19.6 Å². The number of benzene rings is 1. The normalized spacial score (nSPS) is 17.8. The first-order valence-corrected chi connectivity index (χ1v) is 6.82. The van der Waals surface area contributed by atoms with Crippen molar-refractivity contribution >= 4 is 0 Å². The van der Waals surface area contributed by atoms with Gasteiger partial charge in [0.2, 0.25) is 0 Å². The van der Waals surface area contributed by atoms with E-state index in [-0.39, 0.29) is 0 Å². The molecule has 1 aromatic carbocycles. The van der Waals surface area contributed by atoms with Gasteiger partial charge in [-0.05, 0) is 44.0 Å². The summed E-state index contributed by atoms with van der Waals surface area (Å²) in [4.78, 5) is 2.58. The van der Waals surface area contributed by atoms with E-state index in [0.29, 0.717) is 6.04 Å². The summed E-state index contributed by atoms with van der Waals surface area (Å²) in [5.41, 5.74) is 3.07. The summed E-state index contributed by atoms with van der Waals surface area (Å²) < 4.78 is 0. The van der Waals surface area contributed by atoms with Crippen molar-refractivity contribution in [3.05, 3.63) is 35.4 Å². The number of nitrogens with one attached hydrogen (secondary N) is 1. The molecule has 0 amide bonds. The highest BCUT2D eigenvalue weighted by atomic mass is 15.1. The highest BCUT2D eigenvalue weighted by Gasteiger charge is 2.15. The standard InChI is InChI=1S/C15H24N2/c1-3-16-13(2)8-10-17-11-9-14-6-4-5-7-15(14)12-17/h4-7,13,16H,3,8-12H2,1-2H3. The predicted octanol–water partition coefficient (Wildman–Crippen LogP) is 2.43. The summed E-state index contributed by atoms with van der Waals surface area (Å²) in [6.45, 7) is 9.09. The SMILES string of the molecule is CCNC(C)CCN1CCc2ccccc2C1. The van der Waals surface area contributed by atoms with Crippen molar-refractivity contribution < 1.29 is 0 Å². The minimum atomic E-state index is 0.636. The first kappa shape index (κ1) is 12.6. The molecule has 1 N–H and O–H groups in total. The van der Waals surface area contributed by atoms with Gasteiger partial charge in [0.15, 0.2) is 0 Å². The molecule has 0 fully saturated rings. The number of hydrogen-bond donors (Lipinski definition) is 1. The van der Waals surface area contributed by atoms with Crippen LogP contribution in [-0.4, -0.2) is 30.6 Å². The van der Waals surface area contributed by atoms with Gasteiger partial charge in [0.05, 0.1) is 0 Å². The minimum Gasteiger partial charge on any atom is -0.314 e. The molecule has 2 rings (SSSR count).